The van der Waals surface area contributed by atoms with Crippen LogP contribution in [0.1, 0.15) is 33.5 Å². The van der Waals surface area contributed by atoms with Crippen molar-refractivity contribution in [1.29, 1.82) is 0 Å². The maximum atomic E-state index is 12.7. The van der Waals surface area contributed by atoms with Crippen molar-refractivity contribution in [2.24, 2.45) is 5.92 Å². The van der Waals surface area contributed by atoms with E-state index in [4.69, 9.17) is 16.0 Å². The van der Waals surface area contributed by atoms with E-state index in [2.05, 4.69) is 15.9 Å². The number of hydrogen-bond acceptors (Lipinski definition) is 3. The Morgan fingerprint density at radius 1 is 1.37 bits per heavy atom. The minimum absolute atomic E-state index is 0.117. The largest absolute Gasteiger partial charge is 0.452 e. The molecule has 1 heterocycles. The number of alkyl halides is 1. The summed E-state index contributed by atoms with van der Waals surface area (Å²) in [5, 5.41) is 0. The van der Waals surface area contributed by atoms with Gasteiger partial charge < -0.3 is 4.42 Å². The zero-order chi connectivity index (χ0) is 14.8. The third kappa shape index (κ3) is 3.97. The van der Waals surface area contributed by atoms with E-state index in [9.17, 15) is 8.42 Å². The summed E-state index contributed by atoms with van der Waals surface area (Å²) in [4.78, 5) is 0.137. The van der Waals surface area contributed by atoms with Crippen molar-refractivity contribution in [3.05, 3.63) is 16.5 Å². The summed E-state index contributed by atoms with van der Waals surface area (Å²) >= 11 is 8.81. The summed E-state index contributed by atoms with van der Waals surface area (Å²) in [5.74, 6) is 0.815. The smallest absolute Gasteiger partial charge is 0.247 e. The highest BCUT2D eigenvalue weighted by atomic mass is 79.9. The predicted molar refractivity (Wildman–Crippen MR) is 79.8 cm³/mol. The molecule has 0 saturated heterocycles. The van der Waals surface area contributed by atoms with Crippen molar-refractivity contribution in [1.82, 2.24) is 4.31 Å². The Morgan fingerprint density at radius 2 is 1.95 bits per heavy atom. The second-order valence-electron chi connectivity index (χ2n) is 5.05. The van der Waals surface area contributed by atoms with Gasteiger partial charge in [-0.2, -0.15) is 4.31 Å². The lowest BCUT2D eigenvalue weighted by molar-refractivity contribution is 0.318. The van der Waals surface area contributed by atoms with Crippen LogP contribution in [-0.4, -0.2) is 25.3 Å². The lowest BCUT2D eigenvalue weighted by Gasteiger charge is -2.27. The molecule has 0 aliphatic heterocycles. The van der Waals surface area contributed by atoms with Gasteiger partial charge in [-0.15, -0.1) is 11.6 Å². The van der Waals surface area contributed by atoms with E-state index in [-0.39, 0.29) is 27.4 Å². The van der Waals surface area contributed by atoms with Gasteiger partial charge in [-0.05, 0) is 35.7 Å². The van der Waals surface area contributed by atoms with Gasteiger partial charge in [-0.3, -0.25) is 0 Å². The number of rotatable bonds is 6. The molecule has 0 unspecified atom stereocenters. The molecule has 110 valence electrons. The van der Waals surface area contributed by atoms with Gasteiger partial charge in [0.25, 0.3) is 0 Å². The first kappa shape index (κ1) is 17.0. The van der Waals surface area contributed by atoms with Gasteiger partial charge in [0.05, 0.1) is 5.88 Å². The van der Waals surface area contributed by atoms with E-state index in [0.29, 0.717) is 12.3 Å². The molecule has 19 heavy (non-hydrogen) atoms. The topological polar surface area (TPSA) is 50.5 Å². The lowest BCUT2D eigenvalue weighted by Crippen LogP contribution is -2.39. The van der Waals surface area contributed by atoms with Crippen LogP contribution in [0.5, 0.6) is 0 Å². The normalized spacial score (nSPS) is 12.9. The maximum Gasteiger partial charge on any atom is 0.247 e. The molecule has 1 aromatic rings. The van der Waals surface area contributed by atoms with Gasteiger partial charge in [-0.1, -0.05) is 13.8 Å². The lowest BCUT2D eigenvalue weighted by atomic mass is 10.2. The Morgan fingerprint density at radius 3 is 2.32 bits per heavy atom. The van der Waals surface area contributed by atoms with Crippen LogP contribution in [0.4, 0.5) is 0 Å². The third-order valence-electron chi connectivity index (χ3n) is 2.55. The Balaban J connectivity index is 3.22. The quantitative estimate of drug-likeness (QED) is 0.713. The second-order valence-corrected chi connectivity index (χ2v) is 7.89. The molecule has 0 aliphatic carbocycles. The molecule has 4 nitrogen and oxygen atoms in total. The van der Waals surface area contributed by atoms with Crippen LogP contribution in [-0.2, 0) is 15.9 Å². The summed E-state index contributed by atoms with van der Waals surface area (Å²) in [6.07, 6.45) is 0. The number of halogens is 2. The van der Waals surface area contributed by atoms with E-state index in [1.807, 2.05) is 27.7 Å². The molecule has 0 aromatic carbocycles. The number of sulfonamides is 1. The van der Waals surface area contributed by atoms with Crippen LogP contribution in [0.25, 0.3) is 0 Å². The second kappa shape index (κ2) is 6.61. The molecule has 1 aromatic heterocycles. The molecule has 0 N–H and O–H groups in total. The number of hydrogen-bond donors (Lipinski definition) is 0. The van der Waals surface area contributed by atoms with Crippen molar-refractivity contribution in [2.75, 3.05) is 6.54 Å². The van der Waals surface area contributed by atoms with Crippen molar-refractivity contribution < 1.29 is 12.8 Å². The SMILES string of the molecule is CC(C)CN(C(C)C)S(=O)(=O)c1cc(CCl)oc1Br. The fourth-order valence-electron chi connectivity index (χ4n) is 1.71. The van der Waals surface area contributed by atoms with Crippen molar-refractivity contribution in [3.63, 3.8) is 0 Å². The Labute approximate surface area is 128 Å². The van der Waals surface area contributed by atoms with Gasteiger partial charge >= 0.3 is 0 Å². The predicted octanol–water partition coefficient (Wildman–Crippen LogP) is 3.84. The Bertz CT molecular complexity index is 525. The number of nitrogens with zero attached hydrogens (tertiary/aromatic N) is 1. The molecule has 7 heteroatoms. The average Bonchev–Trinajstić information content (AvgIpc) is 2.67. The zero-order valence-electron chi connectivity index (χ0n) is 11.5. The molecule has 0 saturated carbocycles. The van der Waals surface area contributed by atoms with Gasteiger partial charge in [-0.25, -0.2) is 8.42 Å². The Hall–Kier alpha value is -0.0400. The summed E-state index contributed by atoms with van der Waals surface area (Å²) in [6.45, 7) is 8.15. The Kier molecular flexibility index (Phi) is 5.92. The molecule has 0 aliphatic rings. The van der Waals surface area contributed by atoms with Crippen molar-refractivity contribution in [2.45, 2.75) is 44.5 Å². The van der Waals surface area contributed by atoms with Crippen LogP contribution in [0, 0.1) is 5.92 Å². The summed E-state index contributed by atoms with van der Waals surface area (Å²) in [7, 11) is -3.58. The van der Waals surface area contributed by atoms with Gasteiger partial charge in [0.1, 0.15) is 10.7 Å². The maximum absolute atomic E-state index is 12.7. The number of furan rings is 1. The van der Waals surface area contributed by atoms with Crippen LogP contribution in [0.15, 0.2) is 20.0 Å². The van der Waals surface area contributed by atoms with E-state index in [1.54, 1.807) is 0 Å². The van der Waals surface area contributed by atoms with Crippen LogP contribution in [0.2, 0.25) is 0 Å². The van der Waals surface area contributed by atoms with Crippen LogP contribution < -0.4 is 0 Å². The highest BCUT2D eigenvalue weighted by Crippen LogP contribution is 2.30. The fourth-order valence-corrected chi connectivity index (χ4v) is 4.61. The van der Waals surface area contributed by atoms with Gasteiger partial charge in [0, 0.05) is 18.7 Å². The first-order valence-electron chi connectivity index (χ1n) is 6.06. The summed E-state index contributed by atoms with van der Waals surface area (Å²) in [6, 6.07) is 1.36. The van der Waals surface area contributed by atoms with Crippen LogP contribution >= 0.6 is 27.5 Å². The fraction of sp³-hybridized carbons (Fsp3) is 0.667. The van der Waals surface area contributed by atoms with Crippen LogP contribution in [0.3, 0.4) is 0 Å². The molecule has 0 bridgehead atoms. The molecule has 0 spiro atoms. The highest BCUT2D eigenvalue weighted by Gasteiger charge is 2.31. The third-order valence-corrected chi connectivity index (χ3v) is 5.71. The standard InChI is InChI=1S/C12H19BrClNO3S/c1-8(2)7-15(9(3)4)19(16,17)11-5-10(6-14)18-12(11)13/h5,8-9H,6-7H2,1-4H3. The minimum atomic E-state index is -3.58. The average molecular weight is 373 g/mol. The molecule has 0 radical (unpaired) electrons. The first-order valence-corrected chi connectivity index (χ1v) is 8.83. The first-order chi connectivity index (χ1) is 8.70. The molecule has 1 rings (SSSR count). The highest BCUT2D eigenvalue weighted by molar-refractivity contribution is 9.10. The van der Waals surface area contributed by atoms with E-state index >= 15 is 0 Å². The molecular weight excluding hydrogens is 354 g/mol. The van der Waals surface area contributed by atoms with Crippen molar-refractivity contribution >= 4 is 37.6 Å². The monoisotopic (exact) mass is 371 g/mol. The van der Waals surface area contributed by atoms with E-state index in [0.717, 1.165) is 0 Å². The summed E-state index contributed by atoms with van der Waals surface area (Å²) < 4.78 is 32.3. The zero-order valence-corrected chi connectivity index (χ0v) is 14.6. The van der Waals surface area contributed by atoms with Crippen molar-refractivity contribution in [3.8, 4) is 0 Å². The van der Waals surface area contributed by atoms with Gasteiger partial charge in [0.15, 0.2) is 4.67 Å². The van der Waals surface area contributed by atoms with E-state index < -0.39 is 10.0 Å². The van der Waals surface area contributed by atoms with Gasteiger partial charge in [0.2, 0.25) is 10.0 Å². The molecule has 0 atom stereocenters. The van der Waals surface area contributed by atoms with E-state index in [1.165, 1.54) is 10.4 Å². The molecule has 0 fully saturated rings. The minimum Gasteiger partial charge on any atom is -0.452 e. The summed E-state index contributed by atoms with van der Waals surface area (Å²) in [5.41, 5.74) is 0. The molecule has 0 amide bonds. The molecular formula is C12H19BrClNO3S.